The van der Waals surface area contributed by atoms with Gasteiger partial charge < -0.3 is 10.3 Å². The van der Waals surface area contributed by atoms with E-state index in [1.807, 2.05) is 50.2 Å². The van der Waals surface area contributed by atoms with Crippen LogP contribution in [0.3, 0.4) is 0 Å². The van der Waals surface area contributed by atoms with Gasteiger partial charge in [-0.15, -0.1) is 0 Å². The van der Waals surface area contributed by atoms with Gasteiger partial charge in [-0.1, -0.05) is 24.3 Å². The molecular weight excluding hydrogens is 250 g/mol. The second-order valence-corrected chi connectivity index (χ2v) is 4.84. The lowest BCUT2D eigenvalue weighted by Crippen LogP contribution is -2.28. The Kier molecular flexibility index (Phi) is 4.05. The molecule has 0 fully saturated rings. The van der Waals surface area contributed by atoms with Crippen molar-refractivity contribution in [3.63, 3.8) is 0 Å². The normalized spacial score (nSPS) is 10.2. The van der Waals surface area contributed by atoms with Gasteiger partial charge in [-0.05, 0) is 43.2 Å². The van der Waals surface area contributed by atoms with Gasteiger partial charge in [-0.25, -0.2) is 0 Å². The van der Waals surface area contributed by atoms with E-state index in [-0.39, 0.29) is 5.91 Å². The van der Waals surface area contributed by atoms with Crippen molar-refractivity contribution in [1.29, 1.82) is 0 Å². The van der Waals surface area contributed by atoms with E-state index in [1.54, 1.807) is 18.0 Å². The number of hydrogen-bond acceptors (Lipinski definition) is 3. The Labute approximate surface area is 119 Å². The van der Waals surface area contributed by atoms with E-state index in [2.05, 4.69) is 5.43 Å². The lowest BCUT2D eigenvalue weighted by Gasteiger charge is -2.21. The van der Waals surface area contributed by atoms with Crippen LogP contribution in [0.2, 0.25) is 0 Å². The Balaban J connectivity index is 2.39. The average Bonchev–Trinajstić information content (AvgIpc) is 2.46. The second kappa shape index (κ2) is 5.75. The molecule has 0 spiro atoms. The Morgan fingerprint density at radius 1 is 1.15 bits per heavy atom. The molecule has 0 aliphatic carbocycles. The Morgan fingerprint density at radius 3 is 2.50 bits per heavy atom. The van der Waals surface area contributed by atoms with Crippen molar-refractivity contribution < 1.29 is 4.79 Å². The molecular formula is C16H19N3O. The molecule has 2 rings (SSSR count). The quantitative estimate of drug-likeness (QED) is 0.665. The molecule has 0 atom stereocenters. The molecule has 0 aliphatic rings. The molecule has 1 amide bonds. The highest BCUT2D eigenvalue weighted by atomic mass is 16.2. The molecule has 0 saturated heterocycles. The van der Waals surface area contributed by atoms with E-state index < -0.39 is 0 Å². The number of amides is 1. The number of benzene rings is 2. The zero-order valence-corrected chi connectivity index (χ0v) is 12.0. The molecule has 4 heteroatoms. The van der Waals surface area contributed by atoms with Crippen LogP contribution < -0.4 is 16.2 Å². The lowest BCUT2D eigenvalue weighted by atomic mass is 10.1. The standard InChI is InChI=1S/C16H19N3O/c1-11-8-9-13(14(10-11)18-17)16(20)19(3)15-7-5-4-6-12(15)2/h4-10,18H,17H2,1-3H3. The Bertz CT molecular complexity index is 637. The van der Waals surface area contributed by atoms with Crippen LogP contribution in [0.15, 0.2) is 42.5 Å². The molecule has 0 aromatic heterocycles. The molecule has 0 radical (unpaired) electrons. The van der Waals surface area contributed by atoms with E-state index in [0.717, 1.165) is 16.8 Å². The van der Waals surface area contributed by atoms with E-state index in [9.17, 15) is 4.79 Å². The molecule has 0 aliphatic heterocycles. The average molecular weight is 269 g/mol. The van der Waals surface area contributed by atoms with Crippen molar-refractivity contribution in [3.05, 3.63) is 59.2 Å². The summed E-state index contributed by atoms with van der Waals surface area (Å²) < 4.78 is 0. The number of hydrazine groups is 1. The number of carbonyl (C=O) groups is 1. The summed E-state index contributed by atoms with van der Waals surface area (Å²) in [4.78, 5) is 14.3. The first kappa shape index (κ1) is 14.1. The summed E-state index contributed by atoms with van der Waals surface area (Å²) in [6, 6.07) is 13.3. The molecule has 0 unspecified atom stereocenters. The van der Waals surface area contributed by atoms with Crippen molar-refractivity contribution in [3.8, 4) is 0 Å². The van der Waals surface area contributed by atoms with Crippen molar-refractivity contribution in [2.24, 2.45) is 5.84 Å². The van der Waals surface area contributed by atoms with Gasteiger partial charge in [0.15, 0.2) is 0 Å². The van der Waals surface area contributed by atoms with Crippen molar-refractivity contribution in [2.75, 3.05) is 17.4 Å². The smallest absolute Gasteiger partial charge is 0.260 e. The number of anilines is 2. The molecule has 3 N–H and O–H groups in total. The maximum absolute atomic E-state index is 12.6. The minimum atomic E-state index is -0.0905. The van der Waals surface area contributed by atoms with Crippen LogP contribution in [-0.4, -0.2) is 13.0 Å². The summed E-state index contributed by atoms with van der Waals surface area (Å²) in [5.41, 5.74) is 6.78. The fraction of sp³-hybridized carbons (Fsp3) is 0.188. The number of para-hydroxylation sites is 1. The Hall–Kier alpha value is -2.33. The predicted molar refractivity (Wildman–Crippen MR) is 82.9 cm³/mol. The van der Waals surface area contributed by atoms with E-state index >= 15 is 0 Å². The van der Waals surface area contributed by atoms with Crippen LogP contribution in [-0.2, 0) is 0 Å². The molecule has 20 heavy (non-hydrogen) atoms. The largest absolute Gasteiger partial charge is 0.323 e. The van der Waals surface area contributed by atoms with Gasteiger partial charge in [0.1, 0.15) is 0 Å². The molecule has 4 nitrogen and oxygen atoms in total. The van der Waals surface area contributed by atoms with Gasteiger partial charge in [0, 0.05) is 12.7 Å². The van der Waals surface area contributed by atoms with Gasteiger partial charge in [0.2, 0.25) is 0 Å². The minimum absolute atomic E-state index is 0.0905. The number of nitrogens with one attached hydrogen (secondary N) is 1. The number of aryl methyl sites for hydroxylation is 2. The van der Waals surface area contributed by atoms with Gasteiger partial charge in [0.25, 0.3) is 5.91 Å². The summed E-state index contributed by atoms with van der Waals surface area (Å²) >= 11 is 0. The topological polar surface area (TPSA) is 58.4 Å². The Morgan fingerprint density at radius 2 is 1.85 bits per heavy atom. The highest BCUT2D eigenvalue weighted by molar-refractivity contribution is 6.09. The van der Waals surface area contributed by atoms with Crippen LogP contribution >= 0.6 is 0 Å². The molecule has 2 aromatic carbocycles. The molecule has 0 bridgehead atoms. The van der Waals surface area contributed by atoms with Crippen molar-refractivity contribution in [2.45, 2.75) is 13.8 Å². The third-order valence-corrected chi connectivity index (χ3v) is 3.34. The second-order valence-electron chi connectivity index (χ2n) is 4.84. The van der Waals surface area contributed by atoms with Crippen LogP contribution in [0, 0.1) is 13.8 Å². The van der Waals surface area contributed by atoms with E-state index in [4.69, 9.17) is 5.84 Å². The fourth-order valence-electron chi connectivity index (χ4n) is 2.19. The predicted octanol–water partition coefficient (Wildman–Crippen LogP) is 2.87. The van der Waals surface area contributed by atoms with E-state index in [1.165, 1.54) is 0 Å². The van der Waals surface area contributed by atoms with Crippen LogP contribution in [0.1, 0.15) is 21.5 Å². The molecule has 0 saturated carbocycles. The summed E-state index contributed by atoms with van der Waals surface area (Å²) in [5.74, 6) is 5.41. The van der Waals surface area contributed by atoms with Crippen LogP contribution in [0.5, 0.6) is 0 Å². The maximum Gasteiger partial charge on any atom is 0.260 e. The summed E-state index contributed by atoms with van der Waals surface area (Å²) in [5, 5.41) is 0. The first-order valence-corrected chi connectivity index (χ1v) is 6.45. The molecule has 0 heterocycles. The SMILES string of the molecule is Cc1ccc(C(=O)N(C)c2ccccc2C)c(NN)c1. The molecule has 104 valence electrons. The van der Waals surface area contributed by atoms with Gasteiger partial charge >= 0.3 is 0 Å². The third kappa shape index (κ3) is 2.65. The number of rotatable bonds is 3. The third-order valence-electron chi connectivity index (χ3n) is 3.34. The zero-order valence-electron chi connectivity index (χ0n) is 12.0. The lowest BCUT2D eigenvalue weighted by molar-refractivity contribution is 0.0993. The van der Waals surface area contributed by atoms with Gasteiger partial charge in [0.05, 0.1) is 11.3 Å². The van der Waals surface area contributed by atoms with E-state index in [0.29, 0.717) is 11.3 Å². The zero-order chi connectivity index (χ0) is 14.7. The number of nitrogen functional groups attached to an aromatic ring is 1. The number of hydrogen-bond donors (Lipinski definition) is 2. The first-order valence-electron chi connectivity index (χ1n) is 6.45. The van der Waals surface area contributed by atoms with Crippen molar-refractivity contribution >= 4 is 17.3 Å². The fourth-order valence-corrected chi connectivity index (χ4v) is 2.19. The van der Waals surface area contributed by atoms with Crippen molar-refractivity contribution in [1.82, 2.24) is 0 Å². The summed E-state index contributed by atoms with van der Waals surface area (Å²) in [7, 11) is 1.77. The van der Waals surface area contributed by atoms with Crippen LogP contribution in [0.4, 0.5) is 11.4 Å². The summed E-state index contributed by atoms with van der Waals surface area (Å²) in [6.07, 6.45) is 0. The van der Waals surface area contributed by atoms with Gasteiger partial charge in [-0.2, -0.15) is 0 Å². The summed E-state index contributed by atoms with van der Waals surface area (Å²) in [6.45, 7) is 3.94. The number of nitrogens with zero attached hydrogens (tertiary/aromatic N) is 1. The van der Waals surface area contributed by atoms with Gasteiger partial charge in [-0.3, -0.25) is 10.6 Å². The highest BCUT2D eigenvalue weighted by Gasteiger charge is 2.17. The number of carbonyl (C=O) groups excluding carboxylic acids is 1. The van der Waals surface area contributed by atoms with Crippen LogP contribution in [0.25, 0.3) is 0 Å². The molecule has 2 aromatic rings. The number of nitrogens with two attached hydrogens (primary N) is 1. The highest BCUT2D eigenvalue weighted by Crippen LogP contribution is 2.23. The maximum atomic E-state index is 12.6. The minimum Gasteiger partial charge on any atom is -0.323 e. The first-order chi connectivity index (χ1) is 9.54. The monoisotopic (exact) mass is 269 g/mol.